The van der Waals surface area contributed by atoms with E-state index in [1.54, 1.807) is 11.3 Å². The van der Waals surface area contributed by atoms with Crippen molar-refractivity contribution in [2.75, 3.05) is 5.32 Å². The van der Waals surface area contributed by atoms with E-state index in [9.17, 15) is 0 Å². The summed E-state index contributed by atoms with van der Waals surface area (Å²) >= 11 is 1.76. The number of nitrogens with one attached hydrogen (secondary N) is 1. The largest absolute Gasteiger partial charge is 0.353 e. The summed E-state index contributed by atoms with van der Waals surface area (Å²) in [5.41, 5.74) is 1.12. The van der Waals surface area contributed by atoms with Crippen molar-refractivity contribution in [2.24, 2.45) is 0 Å². The van der Waals surface area contributed by atoms with Crippen molar-refractivity contribution in [1.29, 1.82) is 0 Å². The molecule has 1 atom stereocenters. The third-order valence-corrected chi connectivity index (χ3v) is 4.07. The number of thiazole rings is 1. The number of anilines is 1. The Morgan fingerprint density at radius 2 is 2.00 bits per heavy atom. The lowest BCUT2D eigenvalue weighted by molar-refractivity contribution is 0.644. The van der Waals surface area contributed by atoms with Crippen LogP contribution >= 0.6 is 11.3 Å². The van der Waals surface area contributed by atoms with E-state index in [1.165, 1.54) is 4.88 Å². The molecule has 0 fully saturated rings. The number of rotatable bonds is 4. The van der Waals surface area contributed by atoms with Gasteiger partial charge in [-0.3, -0.25) is 0 Å². The maximum Gasteiger partial charge on any atom is 0.203 e. The maximum atomic E-state index is 4.50. The molecule has 2 heterocycles. The van der Waals surface area contributed by atoms with Crippen molar-refractivity contribution in [2.45, 2.75) is 46.7 Å². The zero-order valence-corrected chi connectivity index (χ0v) is 12.4. The number of hydrogen-bond acceptors (Lipinski definition) is 4. The molecule has 0 amide bonds. The lowest BCUT2D eigenvalue weighted by Crippen LogP contribution is -2.16. The molecule has 0 radical (unpaired) electrons. The Kier molecular flexibility index (Phi) is 3.71. The molecular weight excluding hydrogens is 244 g/mol. The lowest BCUT2D eigenvalue weighted by Gasteiger charge is -2.17. The Bertz CT molecular complexity index is 527. The Hall–Kier alpha value is -1.36. The molecule has 0 saturated heterocycles. The summed E-state index contributed by atoms with van der Waals surface area (Å²) in [6.07, 6.45) is 3.86. The maximum absolute atomic E-state index is 4.50. The van der Waals surface area contributed by atoms with Crippen LogP contribution in [-0.2, 0) is 0 Å². The molecular formula is C13H20N4S. The number of aromatic nitrogens is 3. The summed E-state index contributed by atoms with van der Waals surface area (Å²) in [5.74, 6) is 0.919. The Balaban J connectivity index is 2.31. The first kappa shape index (κ1) is 13.1. The molecule has 98 valence electrons. The van der Waals surface area contributed by atoms with Crippen molar-refractivity contribution in [3.63, 3.8) is 0 Å². The first-order chi connectivity index (χ1) is 8.49. The number of aryl methyl sites for hydroxylation is 2. The minimum atomic E-state index is 0.264. The van der Waals surface area contributed by atoms with Crippen LogP contribution in [0, 0.1) is 13.8 Å². The highest BCUT2D eigenvalue weighted by molar-refractivity contribution is 7.11. The summed E-state index contributed by atoms with van der Waals surface area (Å²) < 4.78 is 2.17. The number of imidazole rings is 1. The molecule has 5 heteroatoms. The van der Waals surface area contributed by atoms with Gasteiger partial charge in [-0.2, -0.15) is 0 Å². The van der Waals surface area contributed by atoms with E-state index < -0.39 is 0 Å². The van der Waals surface area contributed by atoms with Crippen molar-refractivity contribution >= 4 is 17.3 Å². The third kappa shape index (κ3) is 2.56. The quantitative estimate of drug-likeness (QED) is 0.920. The molecule has 0 bridgehead atoms. The van der Waals surface area contributed by atoms with Crippen LogP contribution in [0.15, 0.2) is 12.4 Å². The molecule has 1 N–H and O–H groups in total. The number of hydrogen-bond donors (Lipinski definition) is 1. The molecule has 4 nitrogen and oxygen atoms in total. The summed E-state index contributed by atoms with van der Waals surface area (Å²) in [7, 11) is 0. The van der Waals surface area contributed by atoms with Gasteiger partial charge < -0.3 is 9.88 Å². The van der Waals surface area contributed by atoms with E-state index in [4.69, 9.17) is 0 Å². The van der Waals surface area contributed by atoms with Gasteiger partial charge in [-0.05, 0) is 34.6 Å². The van der Waals surface area contributed by atoms with Crippen LogP contribution in [0.1, 0.15) is 42.4 Å². The molecule has 0 aliphatic carbocycles. The topological polar surface area (TPSA) is 42.7 Å². The van der Waals surface area contributed by atoms with Crippen LogP contribution in [0.2, 0.25) is 0 Å². The normalized spacial score (nSPS) is 13.0. The monoisotopic (exact) mass is 264 g/mol. The van der Waals surface area contributed by atoms with E-state index in [1.807, 2.05) is 12.4 Å². The van der Waals surface area contributed by atoms with E-state index in [-0.39, 0.29) is 6.04 Å². The summed E-state index contributed by atoms with van der Waals surface area (Å²) in [4.78, 5) is 10.2. The lowest BCUT2D eigenvalue weighted by atomic mass is 10.2. The second kappa shape index (κ2) is 5.10. The molecule has 0 saturated carbocycles. The molecule has 2 aromatic rings. The van der Waals surface area contributed by atoms with Crippen molar-refractivity contribution in [3.05, 3.63) is 28.0 Å². The fourth-order valence-corrected chi connectivity index (χ4v) is 3.03. The summed E-state index contributed by atoms with van der Waals surface area (Å²) in [6.45, 7) is 10.5. The zero-order valence-electron chi connectivity index (χ0n) is 11.6. The highest BCUT2D eigenvalue weighted by atomic mass is 32.1. The minimum Gasteiger partial charge on any atom is -0.353 e. The molecule has 0 spiro atoms. The first-order valence-corrected chi connectivity index (χ1v) is 7.04. The van der Waals surface area contributed by atoms with E-state index in [2.05, 4.69) is 54.5 Å². The predicted octanol–water partition coefficient (Wildman–Crippen LogP) is 3.39. The molecule has 18 heavy (non-hydrogen) atoms. The van der Waals surface area contributed by atoms with Crippen LogP contribution in [0.3, 0.4) is 0 Å². The summed E-state index contributed by atoms with van der Waals surface area (Å²) in [5, 5.41) is 4.48. The smallest absolute Gasteiger partial charge is 0.203 e. The average molecular weight is 264 g/mol. The molecule has 2 aromatic heterocycles. The highest BCUT2D eigenvalue weighted by Crippen LogP contribution is 2.29. The summed E-state index contributed by atoms with van der Waals surface area (Å²) in [6, 6.07) is 0.641. The standard InChI is InChI=1S/C13H20N4S/c1-8(2)15-13-14-6-7-17(13)10(4)12-9(3)16-11(5)18-12/h6-8,10H,1-5H3,(H,14,15). The molecule has 2 rings (SSSR count). The van der Waals surface area contributed by atoms with Crippen LogP contribution in [0.5, 0.6) is 0 Å². The Morgan fingerprint density at radius 3 is 2.56 bits per heavy atom. The molecule has 0 aromatic carbocycles. The zero-order chi connectivity index (χ0) is 13.3. The molecule has 1 unspecified atom stereocenters. The Morgan fingerprint density at radius 1 is 1.28 bits per heavy atom. The van der Waals surface area contributed by atoms with Crippen molar-refractivity contribution in [1.82, 2.24) is 14.5 Å². The SMILES string of the molecule is Cc1nc(C)c(C(C)n2ccnc2NC(C)C)s1. The second-order valence-electron chi connectivity index (χ2n) is 4.82. The van der Waals surface area contributed by atoms with Gasteiger partial charge in [0.1, 0.15) is 0 Å². The molecule has 0 aliphatic heterocycles. The van der Waals surface area contributed by atoms with Gasteiger partial charge in [-0.25, -0.2) is 9.97 Å². The predicted molar refractivity (Wildman–Crippen MR) is 76.4 cm³/mol. The van der Waals surface area contributed by atoms with E-state index >= 15 is 0 Å². The van der Waals surface area contributed by atoms with Gasteiger partial charge in [-0.15, -0.1) is 11.3 Å². The van der Waals surface area contributed by atoms with Gasteiger partial charge in [0.05, 0.1) is 21.6 Å². The van der Waals surface area contributed by atoms with Crippen LogP contribution < -0.4 is 5.32 Å². The van der Waals surface area contributed by atoms with Gasteiger partial charge >= 0.3 is 0 Å². The average Bonchev–Trinajstić information content (AvgIpc) is 2.83. The van der Waals surface area contributed by atoms with Crippen molar-refractivity contribution < 1.29 is 0 Å². The minimum absolute atomic E-state index is 0.264. The van der Waals surface area contributed by atoms with Crippen LogP contribution in [-0.4, -0.2) is 20.6 Å². The first-order valence-electron chi connectivity index (χ1n) is 6.22. The van der Waals surface area contributed by atoms with Gasteiger partial charge in [-0.1, -0.05) is 0 Å². The third-order valence-electron chi connectivity index (χ3n) is 2.82. The molecule has 0 aliphatic rings. The van der Waals surface area contributed by atoms with Crippen LogP contribution in [0.25, 0.3) is 0 Å². The fraction of sp³-hybridized carbons (Fsp3) is 0.538. The van der Waals surface area contributed by atoms with Crippen molar-refractivity contribution in [3.8, 4) is 0 Å². The van der Waals surface area contributed by atoms with Gasteiger partial charge in [0.25, 0.3) is 0 Å². The fourth-order valence-electron chi connectivity index (χ4n) is 2.06. The van der Waals surface area contributed by atoms with Crippen LogP contribution in [0.4, 0.5) is 5.95 Å². The highest BCUT2D eigenvalue weighted by Gasteiger charge is 2.17. The number of nitrogens with zero attached hydrogens (tertiary/aromatic N) is 3. The van der Waals surface area contributed by atoms with E-state index in [0.717, 1.165) is 16.6 Å². The second-order valence-corrected chi connectivity index (χ2v) is 6.05. The van der Waals surface area contributed by atoms with E-state index in [0.29, 0.717) is 6.04 Å². The van der Waals surface area contributed by atoms with Gasteiger partial charge in [0.2, 0.25) is 5.95 Å². The Labute approximate surface area is 112 Å². The van der Waals surface area contributed by atoms with Gasteiger partial charge in [0.15, 0.2) is 0 Å². The van der Waals surface area contributed by atoms with Gasteiger partial charge in [0, 0.05) is 18.4 Å².